The van der Waals surface area contributed by atoms with Gasteiger partial charge in [0.2, 0.25) is 0 Å². The van der Waals surface area contributed by atoms with Gasteiger partial charge in [0.15, 0.2) is 11.5 Å². The van der Waals surface area contributed by atoms with Crippen LogP contribution in [0.4, 0.5) is 10.5 Å². The molecule has 1 aliphatic carbocycles. The molecule has 0 spiro atoms. The van der Waals surface area contributed by atoms with Crippen LogP contribution < -0.4 is 10.6 Å². The van der Waals surface area contributed by atoms with Gasteiger partial charge in [0.1, 0.15) is 0 Å². The number of hydrogen-bond donors (Lipinski definition) is 2. The van der Waals surface area contributed by atoms with Crippen molar-refractivity contribution in [3.05, 3.63) is 42.9 Å². The van der Waals surface area contributed by atoms with Gasteiger partial charge in [0.25, 0.3) is 0 Å². The van der Waals surface area contributed by atoms with Crippen molar-refractivity contribution >= 4 is 17.4 Å². The highest BCUT2D eigenvalue weighted by Crippen LogP contribution is 2.21. The molecule has 0 bridgehead atoms. The second kappa shape index (κ2) is 6.27. The van der Waals surface area contributed by atoms with Crippen molar-refractivity contribution in [2.75, 3.05) is 5.32 Å². The van der Waals surface area contributed by atoms with Gasteiger partial charge in [-0.05, 0) is 37.1 Å². The first kappa shape index (κ1) is 14.6. The molecule has 7 heteroatoms. The normalized spacial score (nSPS) is 14.8. The van der Waals surface area contributed by atoms with Gasteiger partial charge in [-0.25, -0.2) is 14.3 Å². The summed E-state index contributed by atoms with van der Waals surface area (Å²) in [7, 11) is 0. The van der Waals surface area contributed by atoms with Gasteiger partial charge >= 0.3 is 6.03 Å². The van der Waals surface area contributed by atoms with Gasteiger partial charge < -0.3 is 10.6 Å². The zero-order valence-electron chi connectivity index (χ0n) is 13.1. The molecule has 3 aromatic heterocycles. The fourth-order valence-corrected chi connectivity index (χ4v) is 3.04. The van der Waals surface area contributed by atoms with E-state index in [9.17, 15) is 4.79 Å². The van der Waals surface area contributed by atoms with E-state index >= 15 is 0 Å². The Balaban J connectivity index is 1.59. The Labute approximate surface area is 139 Å². The summed E-state index contributed by atoms with van der Waals surface area (Å²) in [5.74, 6) is 0.577. The van der Waals surface area contributed by atoms with E-state index in [0.717, 1.165) is 18.4 Å². The van der Waals surface area contributed by atoms with E-state index in [1.807, 2.05) is 30.5 Å². The Morgan fingerprint density at radius 3 is 2.88 bits per heavy atom. The van der Waals surface area contributed by atoms with Crippen LogP contribution in [0.25, 0.3) is 17.0 Å². The van der Waals surface area contributed by atoms with Crippen LogP contribution in [-0.4, -0.2) is 31.7 Å². The van der Waals surface area contributed by atoms with Crippen LogP contribution in [0.1, 0.15) is 25.7 Å². The van der Waals surface area contributed by atoms with Crippen molar-refractivity contribution in [3.63, 3.8) is 0 Å². The van der Waals surface area contributed by atoms with Crippen LogP contribution in [0.5, 0.6) is 0 Å². The maximum Gasteiger partial charge on any atom is 0.319 e. The number of pyridine rings is 2. The molecule has 3 aromatic rings. The molecule has 1 saturated carbocycles. The molecule has 7 nitrogen and oxygen atoms in total. The lowest BCUT2D eigenvalue weighted by molar-refractivity contribution is 0.248. The number of anilines is 1. The first-order chi connectivity index (χ1) is 11.8. The third-order valence-electron chi connectivity index (χ3n) is 4.22. The van der Waals surface area contributed by atoms with Gasteiger partial charge in [-0.2, -0.15) is 0 Å². The smallest absolute Gasteiger partial charge is 0.319 e. The number of amides is 2. The highest BCUT2D eigenvalue weighted by atomic mass is 16.2. The minimum Gasteiger partial charge on any atom is -0.335 e. The van der Waals surface area contributed by atoms with E-state index < -0.39 is 0 Å². The topological polar surface area (TPSA) is 84.2 Å². The Bertz CT molecular complexity index is 854. The number of urea groups is 1. The molecule has 1 aliphatic rings. The predicted molar refractivity (Wildman–Crippen MR) is 90.6 cm³/mol. The Hall–Kier alpha value is -2.96. The molecule has 0 unspecified atom stereocenters. The molecule has 1 fully saturated rings. The molecular formula is C17H18N6O. The van der Waals surface area contributed by atoms with Gasteiger partial charge in [-0.3, -0.25) is 4.98 Å². The van der Waals surface area contributed by atoms with Crippen LogP contribution in [0.2, 0.25) is 0 Å². The van der Waals surface area contributed by atoms with Gasteiger partial charge in [0, 0.05) is 30.2 Å². The zero-order chi connectivity index (χ0) is 16.4. The van der Waals surface area contributed by atoms with E-state index in [2.05, 4.69) is 25.7 Å². The lowest BCUT2D eigenvalue weighted by atomic mass is 10.2. The molecule has 0 atom stereocenters. The minimum atomic E-state index is -0.194. The number of hydrogen-bond acceptors (Lipinski definition) is 4. The highest BCUT2D eigenvalue weighted by molar-refractivity contribution is 5.93. The van der Waals surface area contributed by atoms with Crippen LogP contribution >= 0.6 is 0 Å². The van der Waals surface area contributed by atoms with E-state index in [4.69, 9.17) is 0 Å². The molecular weight excluding hydrogens is 304 g/mol. The molecule has 3 heterocycles. The Morgan fingerprint density at radius 2 is 2.08 bits per heavy atom. The zero-order valence-corrected chi connectivity index (χ0v) is 13.1. The van der Waals surface area contributed by atoms with Gasteiger partial charge in [-0.15, -0.1) is 5.10 Å². The number of carbonyl (C=O) groups is 1. The summed E-state index contributed by atoms with van der Waals surface area (Å²) < 4.78 is 1.66. The molecule has 0 saturated heterocycles. The fourth-order valence-electron chi connectivity index (χ4n) is 3.04. The number of rotatable bonds is 3. The molecule has 2 N–H and O–H groups in total. The number of aromatic nitrogens is 4. The fraction of sp³-hybridized carbons (Fsp3) is 0.294. The van der Waals surface area contributed by atoms with E-state index in [-0.39, 0.29) is 12.1 Å². The van der Waals surface area contributed by atoms with Crippen LogP contribution in [0, 0.1) is 0 Å². The van der Waals surface area contributed by atoms with Crippen molar-refractivity contribution in [3.8, 4) is 11.4 Å². The highest BCUT2D eigenvalue weighted by Gasteiger charge is 2.18. The van der Waals surface area contributed by atoms with Crippen LogP contribution in [-0.2, 0) is 0 Å². The average Bonchev–Trinajstić information content (AvgIpc) is 3.25. The molecule has 24 heavy (non-hydrogen) atoms. The maximum absolute atomic E-state index is 12.2. The Kier molecular flexibility index (Phi) is 3.82. The lowest BCUT2D eigenvalue weighted by Gasteiger charge is -2.13. The third kappa shape index (κ3) is 2.92. The van der Waals surface area contributed by atoms with E-state index in [1.165, 1.54) is 12.8 Å². The van der Waals surface area contributed by atoms with E-state index in [1.54, 1.807) is 16.9 Å². The number of nitrogens with one attached hydrogen (secondary N) is 2. The molecule has 0 radical (unpaired) electrons. The summed E-state index contributed by atoms with van der Waals surface area (Å²) in [4.78, 5) is 20.8. The summed E-state index contributed by atoms with van der Waals surface area (Å²) >= 11 is 0. The molecule has 4 rings (SSSR count). The summed E-state index contributed by atoms with van der Waals surface area (Å²) in [6, 6.07) is 7.48. The van der Waals surface area contributed by atoms with Crippen LogP contribution in [0.15, 0.2) is 42.9 Å². The number of carbonyl (C=O) groups excluding carboxylic acids is 1. The predicted octanol–water partition coefficient (Wildman–Crippen LogP) is 2.86. The largest absolute Gasteiger partial charge is 0.335 e. The summed E-state index contributed by atoms with van der Waals surface area (Å²) in [5.41, 5.74) is 2.08. The second-order valence-corrected chi connectivity index (χ2v) is 5.95. The average molecular weight is 322 g/mol. The summed E-state index contributed by atoms with van der Waals surface area (Å²) in [6.07, 6.45) is 9.69. The van der Waals surface area contributed by atoms with Crippen molar-refractivity contribution in [1.29, 1.82) is 0 Å². The SMILES string of the molecule is O=C(Nc1cccn2nc(-c3cccnc3)nc12)NC1CCCC1. The van der Waals surface area contributed by atoms with Gasteiger partial charge in [0.05, 0.1) is 5.69 Å². The standard InChI is InChI=1S/C17H18N6O/c24-17(19-13-6-1-2-7-13)20-14-8-4-10-23-16(14)21-15(22-23)12-5-3-9-18-11-12/h3-5,8-11,13H,1-2,6-7H2,(H2,19,20,24). The second-order valence-electron chi connectivity index (χ2n) is 5.95. The summed E-state index contributed by atoms with van der Waals surface area (Å²) in [6.45, 7) is 0. The molecule has 0 aromatic carbocycles. The molecule has 2 amide bonds. The molecule has 0 aliphatic heterocycles. The minimum absolute atomic E-state index is 0.194. The van der Waals surface area contributed by atoms with Crippen molar-refractivity contribution in [2.45, 2.75) is 31.7 Å². The monoisotopic (exact) mass is 322 g/mol. The van der Waals surface area contributed by atoms with E-state index in [0.29, 0.717) is 17.2 Å². The molecule has 122 valence electrons. The van der Waals surface area contributed by atoms with Crippen LogP contribution in [0.3, 0.4) is 0 Å². The van der Waals surface area contributed by atoms with Crippen molar-refractivity contribution in [2.24, 2.45) is 0 Å². The number of fused-ring (bicyclic) bond motifs is 1. The van der Waals surface area contributed by atoms with Crippen molar-refractivity contribution < 1.29 is 4.79 Å². The Morgan fingerprint density at radius 1 is 1.21 bits per heavy atom. The first-order valence-electron chi connectivity index (χ1n) is 8.13. The van der Waals surface area contributed by atoms with Crippen molar-refractivity contribution in [1.82, 2.24) is 24.9 Å². The summed E-state index contributed by atoms with van der Waals surface area (Å²) in [5, 5.41) is 10.3. The third-order valence-corrected chi connectivity index (χ3v) is 4.22. The quantitative estimate of drug-likeness (QED) is 0.776. The maximum atomic E-state index is 12.2. The lowest BCUT2D eigenvalue weighted by Crippen LogP contribution is -2.36. The number of nitrogens with zero attached hydrogens (tertiary/aromatic N) is 4. The first-order valence-corrected chi connectivity index (χ1v) is 8.13. The van der Waals surface area contributed by atoms with Gasteiger partial charge in [-0.1, -0.05) is 12.8 Å².